The molecule has 0 fully saturated rings. The lowest BCUT2D eigenvalue weighted by Gasteiger charge is -2.14. The Morgan fingerprint density at radius 1 is 1.30 bits per heavy atom. The predicted octanol–water partition coefficient (Wildman–Crippen LogP) is 2.58. The molecule has 0 atom stereocenters. The molecule has 7 heteroatoms. The van der Waals surface area contributed by atoms with E-state index in [-0.39, 0.29) is 9.92 Å². The lowest BCUT2D eigenvalue weighted by Crippen LogP contribution is -2.27. The lowest BCUT2D eigenvalue weighted by molar-refractivity contribution is 0.580. The van der Waals surface area contributed by atoms with Gasteiger partial charge in [-0.3, -0.25) is 0 Å². The quantitative estimate of drug-likeness (QED) is 0.813. The maximum Gasteiger partial charge on any atom is 0.242 e. The van der Waals surface area contributed by atoms with Gasteiger partial charge in [-0.05, 0) is 37.6 Å². The summed E-state index contributed by atoms with van der Waals surface area (Å²) in [5, 5.41) is 3.73. The minimum absolute atomic E-state index is 0.0194. The maximum absolute atomic E-state index is 12.2. The molecule has 110 valence electrons. The molecule has 0 aliphatic carbocycles. The summed E-state index contributed by atoms with van der Waals surface area (Å²) in [5.41, 5.74) is 1.27. The monoisotopic (exact) mass is 334 g/mol. The lowest BCUT2D eigenvalue weighted by atomic mass is 10.1. The van der Waals surface area contributed by atoms with Crippen LogP contribution in [-0.2, 0) is 10.0 Å². The van der Waals surface area contributed by atoms with Crippen molar-refractivity contribution in [2.24, 2.45) is 0 Å². The van der Waals surface area contributed by atoms with Gasteiger partial charge in [0.2, 0.25) is 10.0 Å². The van der Waals surface area contributed by atoms with Gasteiger partial charge >= 0.3 is 0 Å². The molecule has 1 aromatic carbocycles. The third-order valence-corrected chi connectivity index (χ3v) is 5.26. The van der Waals surface area contributed by atoms with Crippen molar-refractivity contribution in [1.82, 2.24) is 10.0 Å². The van der Waals surface area contributed by atoms with Crippen molar-refractivity contribution in [3.8, 4) is 0 Å². The van der Waals surface area contributed by atoms with Crippen LogP contribution in [0.1, 0.15) is 12.8 Å². The van der Waals surface area contributed by atoms with E-state index < -0.39 is 10.0 Å². The summed E-state index contributed by atoms with van der Waals surface area (Å²) in [6, 6.07) is 4.40. The molecule has 2 N–H and O–H groups in total. The van der Waals surface area contributed by atoms with Crippen molar-refractivity contribution < 1.29 is 8.42 Å². The summed E-state index contributed by atoms with van der Waals surface area (Å²) in [6.45, 7) is 2.15. The highest BCUT2D eigenvalue weighted by atomic mass is 35.5. The van der Waals surface area contributed by atoms with Gasteiger partial charge in [0.15, 0.2) is 0 Å². The molecule has 20 heavy (non-hydrogen) atoms. The topological polar surface area (TPSA) is 58.2 Å². The first-order valence-corrected chi connectivity index (χ1v) is 8.56. The zero-order chi connectivity index (χ0) is 14.6. The zero-order valence-electron chi connectivity index (χ0n) is 10.8. The first-order valence-electron chi connectivity index (χ1n) is 6.32. The van der Waals surface area contributed by atoms with Crippen molar-refractivity contribution in [3.05, 3.63) is 39.9 Å². The minimum atomic E-state index is -3.62. The van der Waals surface area contributed by atoms with Gasteiger partial charge in [0.05, 0.1) is 5.02 Å². The molecule has 0 aromatic heterocycles. The maximum atomic E-state index is 12.2. The molecule has 1 aromatic rings. The van der Waals surface area contributed by atoms with Crippen LogP contribution in [0.5, 0.6) is 0 Å². The fraction of sp³-hybridized carbons (Fsp3) is 0.385. The Kier molecular flexibility index (Phi) is 5.46. The molecule has 1 heterocycles. The number of halogens is 2. The van der Waals surface area contributed by atoms with Crippen LogP contribution in [0.3, 0.4) is 0 Å². The highest BCUT2D eigenvalue weighted by Gasteiger charge is 2.18. The van der Waals surface area contributed by atoms with E-state index >= 15 is 0 Å². The number of nitrogens with one attached hydrogen (secondary N) is 2. The van der Waals surface area contributed by atoms with Gasteiger partial charge in [-0.15, -0.1) is 0 Å². The largest absolute Gasteiger partial charge is 0.313 e. The molecule has 0 unspecified atom stereocenters. The smallest absolute Gasteiger partial charge is 0.242 e. The second-order valence-corrected chi connectivity index (χ2v) is 7.12. The number of hydrogen-bond donors (Lipinski definition) is 2. The van der Waals surface area contributed by atoms with Gasteiger partial charge in [-0.25, -0.2) is 13.1 Å². The van der Waals surface area contributed by atoms with E-state index in [1.165, 1.54) is 17.7 Å². The average Bonchev–Trinajstić information content (AvgIpc) is 2.42. The summed E-state index contributed by atoms with van der Waals surface area (Å²) in [5.74, 6) is 0. The number of benzene rings is 1. The molecule has 1 aliphatic heterocycles. The summed E-state index contributed by atoms with van der Waals surface area (Å²) in [6.07, 6.45) is 3.77. The summed E-state index contributed by atoms with van der Waals surface area (Å²) in [4.78, 5) is 0.0194. The van der Waals surface area contributed by atoms with Crippen LogP contribution in [0.4, 0.5) is 0 Å². The van der Waals surface area contributed by atoms with Crippen molar-refractivity contribution >= 4 is 33.2 Å². The van der Waals surface area contributed by atoms with E-state index in [9.17, 15) is 8.42 Å². The standard InChI is InChI=1S/C13H16Cl2N2O2S/c14-11-1-2-12(15)13(9-11)20(18,19)17-8-5-10-3-6-16-7-4-10/h1-3,9,16-17H,4-8H2. The zero-order valence-corrected chi connectivity index (χ0v) is 13.2. The van der Waals surface area contributed by atoms with Crippen LogP contribution in [0, 0.1) is 0 Å². The Morgan fingerprint density at radius 3 is 2.80 bits per heavy atom. The van der Waals surface area contributed by atoms with Gasteiger partial charge in [0.1, 0.15) is 4.90 Å². The highest BCUT2D eigenvalue weighted by Crippen LogP contribution is 2.24. The predicted molar refractivity (Wildman–Crippen MR) is 81.8 cm³/mol. The normalized spacial score (nSPS) is 16.0. The van der Waals surface area contributed by atoms with Crippen molar-refractivity contribution in [2.45, 2.75) is 17.7 Å². The third kappa shape index (κ3) is 4.20. The van der Waals surface area contributed by atoms with Crippen LogP contribution >= 0.6 is 23.2 Å². The molecular formula is C13H16Cl2N2O2S. The van der Waals surface area contributed by atoms with Crippen molar-refractivity contribution in [2.75, 3.05) is 19.6 Å². The van der Waals surface area contributed by atoms with Crippen LogP contribution in [0.15, 0.2) is 34.7 Å². The molecule has 2 rings (SSSR count). The Balaban J connectivity index is 2.00. The molecule has 0 saturated carbocycles. The van der Waals surface area contributed by atoms with Crippen LogP contribution in [0.2, 0.25) is 10.0 Å². The molecule has 0 amide bonds. The van der Waals surface area contributed by atoms with E-state index in [2.05, 4.69) is 16.1 Å². The Hall–Kier alpha value is -0.590. The van der Waals surface area contributed by atoms with Gasteiger partial charge in [-0.1, -0.05) is 34.9 Å². The minimum Gasteiger partial charge on any atom is -0.313 e. The Morgan fingerprint density at radius 2 is 2.10 bits per heavy atom. The van der Waals surface area contributed by atoms with Gasteiger partial charge in [0, 0.05) is 18.1 Å². The van der Waals surface area contributed by atoms with E-state index in [1.54, 1.807) is 6.07 Å². The molecular weight excluding hydrogens is 319 g/mol. The van der Waals surface area contributed by atoms with Gasteiger partial charge in [-0.2, -0.15) is 0 Å². The van der Waals surface area contributed by atoms with Gasteiger partial charge < -0.3 is 5.32 Å². The van der Waals surface area contributed by atoms with Crippen LogP contribution in [0.25, 0.3) is 0 Å². The molecule has 4 nitrogen and oxygen atoms in total. The van der Waals surface area contributed by atoms with Gasteiger partial charge in [0.25, 0.3) is 0 Å². The van der Waals surface area contributed by atoms with E-state index in [0.29, 0.717) is 18.0 Å². The van der Waals surface area contributed by atoms with Crippen molar-refractivity contribution in [3.63, 3.8) is 0 Å². The summed E-state index contributed by atoms with van der Waals surface area (Å²) < 4.78 is 26.9. The third-order valence-electron chi connectivity index (χ3n) is 3.08. The second kappa shape index (κ2) is 6.91. The second-order valence-electron chi connectivity index (χ2n) is 4.54. The Bertz CT molecular complexity index is 615. The van der Waals surface area contributed by atoms with Crippen molar-refractivity contribution in [1.29, 1.82) is 0 Å². The van der Waals surface area contributed by atoms with E-state index in [4.69, 9.17) is 23.2 Å². The summed E-state index contributed by atoms with van der Waals surface area (Å²) in [7, 11) is -3.62. The number of rotatable bonds is 5. The highest BCUT2D eigenvalue weighted by molar-refractivity contribution is 7.89. The molecule has 0 saturated heterocycles. The molecule has 0 spiro atoms. The number of hydrogen-bond acceptors (Lipinski definition) is 3. The van der Waals surface area contributed by atoms with Crippen LogP contribution < -0.4 is 10.0 Å². The molecule has 0 bridgehead atoms. The SMILES string of the molecule is O=S(=O)(NCCC1=CCNCC1)c1cc(Cl)ccc1Cl. The van der Waals surface area contributed by atoms with E-state index in [0.717, 1.165) is 19.5 Å². The first kappa shape index (κ1) is 15.8. The fourth-order valence-electron chi connectivity index (χ4n) is 2.00. The Labute approximate surface area is 129 Å². The number of sulfonamides is 1. The summed E-state index contributed by atoms with van der Waals surface area (Å²) >= 11 is 11.7. The molecule has 0 radical (unpaired) electrons. The van der Waals surface area contributed by atoms with E-state index in [1.807, 2.05) is 0 Å². The average molecular weight is 335 g/mol. The fourth-order valence-corrected chi connectivity index (χ4v) is 3.80. The first-order chi connectivity index (χ1) is 9.49. The molecule has 1 aliphatic rings. The van der Waals surface area contributed by atoms with Crippen LogP contribution in [-0.4, -0.2) is 28.1 Å².